The van der Waals surface area contributed by atoms with Crippen molar-refractivity contribution in [2.45, 2.75) is 26.2 Å². The Hall–Kier alpha value is -2.01. The van der Waals surface area contributed by atoms with Gasteiger partial charge in [0, 0.05) is 30.5 Å². The fourth-order valence-electron chi connectivity index (χ4n) is 1.95. The molecule has 7 heteroatoms. The number of nitrogens with zero attached hydrogens (tertiary/aromatic N) is 5. The van der Waals surface area contributed by atoms with Crippen molar-refractivity contribution < 1.29 is 9.32 Å². The Morgan fingerprint density at radius 1 is 1.72 bits per heavy atom. The number of carbonyl (C=O) groups excluding carboxylic acids is 1. The first-order valence-corrected chi connectivity index (χ1v) is 5.89. The Morgan fingerprint density at radius 3 is 3.11 bits per heavy atom. The first-order chi connectivity index (χ1) is 8.61. The third kappa shape index (κ3) is 2.46. The van der Waals surface area contributed by atoms with Crippen LogP contribution in [0.4, 0.5) is 5.88 Å². The topological polar surface area (TPSA) is 95.1 Å². The Labute approximate surface area is 104 Å². The number of aromatic nitrogens is 1. The van der Waals surface area contributed by atoms with E-state index in [1.165, 1.54) is 0 Å². The minimum absolute atomic E-state index is 0.0143. The lowest BCUT2D eigenvalue weighted by molar-refractivity contribution is -0.117. The number of hydrogen-bond donors (Lipinski definition) is 0. The summed E-state index contributed by atoms with van der Waals surface area (Å²) < 4.78 is 5.18. The summed E-state index contributed by atoms with van der Waals surface area (Å²) in [6, 6.07) is 1.79. The highest BCUT2D eigenvalue weighted by molar-refractivity contribution is 5.94. The van der Waals surface area contributed by atoms with E-state index in [2.05, 4.69) is 15.2 Å². The highest BCUT2D eigenvalue weighted by Gasteiger charge is 2.32. The van der Waals surface area contributed by atoms with Gasteiger partial charge in [-0.1, -0.05) is 24.1 Å². The lowest BCUT2D eigenvalue weighted by Gasteiger charge is -2.10. The maximum atomic E-state index is 11.8. The van der Waals surface area contributed by atoms with Gasteiger partial charge in [0.2, 0.25) is 11.8 Å². The zero-order chi connectivity index (χ0) is 13.1. The second-order valence-electron chi connectivity index (χ2n) is 4.73. The maximum absolute atomic E-state index is 11.8. The summed E-state index contributed by atoms with van der Waals surface area (Å²) in [6.45, 7) is 4.88. The molecule has 1 unspecified atom stereocenters. The van der Waals surface area contributed by atoms with Crippen molar-refractivity contribution in [1.29, 1.82) is 0 Å². The van der Waals surface area contributed by atoms with Crippen LogP contribution < -0.4 is 4.90 Å². The van der Waals surface area contributed by atoms with Crippen molar-refractivity contribution in [3.63, 3.8) is 0 Å². The van der Waals surface area contributed by atoms with Crippen LogP contribution in [0.15, 0.2) is 15.7 Å². The average molecular weight is 249 g/mol. The van der Waals surface area contributed by atoms with Gasteiger partial charge in [-0.15, -0.1) is 0 Å². The predicted octanol–water partition coefficient (Wildman–Crippen LogP) is 2.46. The number of hydrogen-bond acceptors (Lipinski definition) is 4. The minimum Gasteiger partial charge on any atom is -0.338 e. The van der Waals surface area contributed by atoms with Crippen LogP contribution in [0.1, 0.15) is 31.9 Å². The van der Waals surface area contributed by atoms with E-state index in [-0.39, 0.29) is 17.7 Å². The SMILES string of the molecule is CC(C)c1cc(N2CC(CN=[N+]=[N-])CC2=O)on1. The first-order valence-electron chi connectivity index (χ1n) is 5.89. The molecule has 1 saturated heterocycles. The van der Waals surface area contributed by atoms with Crippen molar-refractivity contribution in [3.8, 4) is 0 Å². The molecule has 1 aromatic rings. The van der Waals surface area contributed by atoms with Crippen LogP contribution in [0.5, 0.6) is 0 Å². The summed E-state index contributed by atoms with van der Waals surface area (Å²) in [5.41, 5.74) is 9.10. The molecule has 0 bridgehead atoms. The largest absolute Gasteiger partial charge is 0.338 e. The summed E-state index contributed by atoms with van der Waals surface area (Å²) in [5, 5.41) is 7.44. The van der Waals surface area contributed by atoms with Crippen LogP contribution in [-0.2, 0) is 4.79 Å². The van der Waals surface area contributed by atoms with E-state index >= 15 is 0 Å². The van der Waals surface area contributed by atoms with Crippen LogP contribution in [0.25, 0.3) is 10.4 Å². The summed E-state index contributed by atoms with van der Waals surface area (Å²) in [4.78, 5) is 16.1. The standard InChI is InChI=1S/C11H15N5O2/c1-7(2)9-4-11(18-14-9)16-6-8(3-10(16)17)5-13-15-12/h4,7-8H,3,5-6H2,1-2H3. The summed E-state index contributed by atoms with van der Waals surface area (Å²) in [7, 11) is 0. The molecule has 0 aromatic carbocycles. The van der Waals surface area contributed by atoms with Gasteiger partial charge in [0.15, 0.2) is 0 Å². The molecule has 1 aromatic heterocycles. The van der Waals surface area contributed by atoms with E-state index in [4.69, 9.17) is 10.1 Å². The normalized spacial score (nSPS) is 19.4. The molecule has 0 saturated carbocycles. The molecule has 1 fully saturated rings. The van der Waals surface area contributed by atoms with Gasteiger partial charge in [0.1, 0.15) is 0 Å². The van der Waals surface area contributed by atoms with Gasteiger partial charge in [-0.3, -0.25) is 9.69 Å². The number of rotatable bonds is 4. The maximum Gasteiger partial charge on any atom is 0.234 e. The number of azide groups is 1. The number of amides is 1. The minimum atomic E-state index is -0.0143. The van der Waals surface area contributed by atoms with Gasteiger partial charge in [0.25, 0.3) is 0 Å². The molecule has 0 N–H and O–H groups in total. The summed E-state index contributed by atoms with van der Waals surface area (Å²) >= 11 is 0. The second kappa shape index (κ2) is 5.10. The van der Waals surface area contributed by atoms with Gasteiger partial charge in [0.05, 0.1) is 5.69 Å². The molecule has 96 valence electrons. The Kier molecular flexibility index (Phi) is 3.53. The fraction of sp³-hybridized carbons (Fsp3) is 0.636. The van der Waals surface area contributed by atoms with Gasteiger partial charge < -0.3 is 4.52 Å². The van der Waals surface area contributed by atoms with E-state index < -0.39 is 0 Å². The molecular formula is C11H15N5O2. The summed E-state index contributed by atoms with van der Waals surface area (Å²) in [5.74, 6) is 0.784. The third-order valence-corrected chi connectivity index (χ3v) is 2.98. The third-order valence-electron chi connectivity index (χ3n) is 2.98. The molecule has 7 nitrogen and oxygen atoms in total. The van der Waals surface area contributed by atoms with Crippen LogP contribution in [0.2, 0.25) is 0 Å². The Bertz CT molecular complexity index is 489. The number of anilines is 1. The van der Waals surface area contributed by atoms with E-state index in [9.17, 15) is 4.79 Å². The molecule has 1 atom stereocenters. The lowest BCUT2D eigenvalue weighted by atomic mass is 10.1. The smallest absolute Gasteiger partial charge is 0.234 e. The van der Waals surface area contributed by atoms with Gasteiger partial charge in [-0.25, -0.2) is 0 Å². The van der Waals surface area contributed by atoms with Crippen LogP contribution in [0.3, 0.4) is 0 Å². The number of carbonyl (C=O) groups is 1. The quantitative estimate of drug-likeness (QED) is 0.465. The fourth-order valence-corrected chi connectivity index (χ4v) is 1.95. The highest BCUT2D eigenvalue weighted by atomic mass is 16.5. The molecule has 1 aliphatic heterocycles. The monoisotopic (exact) mass is 249 g/mol. The average Bonchev–Trinajstić information content (AvgIpc) is 2.92. The van der Waals surface area contributed by atoms with E-state index in [0.29, 0.717) is 25.4 Å². The molecule has 0 spiro atoms. The zero-order valence-corrected chi connectivity index (χ0v) is 10.4. The predicted molar refractivity (Wildman–Crippen MR) is 65.1 cm³/mol. The van der Waals surface area contributed by atoms with Crippen molar-refractivity contribution >= 4 is 11.8 Å². The van der Waals surface area contributed by atoms with Crippen LogP contribution in [-0.4, -0.2) is 24.2 Å². The molecule has 2 heterocycles. The molecule has 18 heavy (non-hydrogen) atoms. The lowest BCUT2D eigenvalue weighted by Crippen LogP contribution is -2.24. The highest BCUT2D eigenvalue weighted by Crippen LogP contribution is 2.27. The van der Waals surface area contributed by atoms with Crippen molar-refractivity contribution in [1.82, 2.24) is 5.16 Å². The molecule has 1 aliphatic rings. The Morgan fingerprint density at radius 2 is 2.50 bits per heavy atom. The molecule has 0 radical (unpaired) electrons. The molecular weight excluding hydrogens is 234 g/mol. The molecule has 2 rings (SSSR count). The van der Waals surface area contributed by atoms with Gasteiger partial charge >= 0.3 is 0 Å². The van der Waals surface area contributed by atoms with Crippen molar-refractivity contribution in [3.05, 3.63) is 22.2 Å². The van der Waals surface area contributed by atoms with E-state index in [1.807, 2.05) is 13.8 Å². The van der Waals surface area contributed by atoms with Crippen molar-refractivity contribution in [2.24, 2.45) is 11.0 Å². The molecule has 1 amide bonds. The Balaban J connectivity index is 2.08. The second-order valence-corrected chi connectivity index (χ2v) is 4.73. The first kappa shape index (κ1) is 12.4. The van der Waals surface area contributed by atoms with Crippen LogP contribution in [0, 0.1) is 5.92 Å². The summed E-state index contributed by atoms with van der Waals surface area (Å²) in [6.07, 6.45) is 0.386. The van der Waals surface area contributed by atoms with E-state index in [0.717, 1.165) is 5.69 Å². The van der Waals surface area contributed by atoms with Crippen LogP contribution >= 0.6 is 0 Å². The van der Waals surface area contributed by atoms with Gasteiger partial charge in [-0.2, -0.15) is 0 Å². The molecule has 0 aliphatic carbocycles. The zero-order valence-electron chi connectivity index (χ0n) is 10.4. The van der Waals surface area contributed by atoms with Crippen molar-refractivity contribution in [2.75, 3.05) is 18.0 Å². The van der Waals surface area contributed by atoms with Gasteiger partial charge in [-0.05, 0) is 17.4 Å². The van der Waals surface area contributed by atoms with E-state index in [1.54, 1.807) is 11.0 Å².